The predicted octanol–water partition coefficient (Wildman–Crippen LogP) is 0.532. The summed E-state index contributed by atoms with van der Waals surface area (Å²) < 4.78 is 4.70. The lowest BCUT2D eigenvalue weighted by molar-refractivity contribution is -0.153. The molecule has 0 radical (unpaired) electrons. The Morgan fingerprint density at radius 2 is 1.52 bits per heavy atom. The number of rotatable bonds is 3. The molecule has 0 bridgehead atoms. The Kier molecular flexibility index (Phi) is 6.26. The number of likely N-dealkylation sites (tertiary alicyclic amines) is 1. The Hall–Kier alpha value is -2.64. The Morgan fingerprint density at radius 1 is 0.963 bits per heavy atom. The van der Waals surface area contributed by atoms with Crippen LogP contribution < -0.4 is 4.90 Å². The van der Waals surface area contributed by atoms with E-state index in [1.165, 1.54) is 7.11 Å². The number of esters is 1. The first-order chi connectivity index (χ1) is 13.1. The monoisotopic (exact) mass is 374 g/mol. The van der Waals surface area contributed by atoms with Crippen LogP contribution in [0, 0.1) is 5.92 Å². The van der Waals surface area contributed by atoms with Gasteiger partial charge in [0.1, 0.15) is 0 Å². The highest BCUT2D eigenvalue weighted by Gasteiger charge is 2.32. The van der Waals surface area contributed by atoms with Gasteiger partial charge in [-0.05, 0) is 30.9 Å². The largest absolute Gasteiger partial charge is 0.469 e. The minimum Gasteiger partial charge on any atom is -0.469 e. The lowest BCUT2D eigenvalue weighted by atomic mass is 9.93. The molecule has 0 aromatic carbocycles. The Bertz CT molecular complexity index is 666. The van der Waals surface area contributed by atoms with Crippen molar-refractivity contribution in [2.24, 2.45) is 5.92 Å². The van der Waals surface area contributed by atoms with Gasteiger partial charge in [-0.25, -0.2) is 0 Å². The first kappa shape index (κ1) is 19.1. The lowest BCUT2D eigenvalue weighted by Gasteiger charge is -2.37. The summed E-state index contributed by atoms with van der Waals surface area (Å²) in [4.78, 5) is 46.0. The van der Waals surface area contributed by atoms with E-state index in [9.17, 15) is 14.4 Å². The van der Waals surface area contributed by atoms with Crippen LogP contribution >= 0.6 is 0 Å². The molecule has 146 valence electrons. The van der Waals surface area contributed by atoms with Crippen LogP contribution in [0.15, 0.2) is 24.5 Å². The van der Waals surface area contributed by atoms with E-state index in [2.05, 4.69) is 9.88 Å². The molecule has 0 unspecified atom stereocenters. The lowest BCUT2D eigenvalue weighted by Crippen LogP contribution is -2.54. The van der Waals surface area contributed by atoms with Gasteiger partial charge in [-0.2, -0.15) is 0 Å². The maximum absolute atomic E-state index is 12.6. The van der Waals surface area contributed by atoms with Crippen LogP contribution in [-0.2, 0) is 19.1 Å². The molecule has 27 heavy (non-hydrogen) atoms. The number of hydrogen-bond donors (Lipinski definition) is 0. The molecule has 3 heterocycles. The molecule has 2 aliphatic heterocycles. The van der Waals surface area contributed by atoms with Gasteiger partial charge in [0.25, 0.3) is 0 Å². The Morgan fingerprint density at radius 3 is 2.07 bits per heavy atom. The quantitative estimate of drug-likeness (QED) is 0.567. The number of piperidine rings is 1. The number of pyridine rings is 1. The first-order valence-corrected chi connectivity index (χ1v) is 9.38. The van der Waals surface area contributed by atoms with Crippen molar-refractivity contribution in [2.45, 2.75) is 19.3 Å². The second-order valence-corrected chi connectivity index (χ2v) is 7.00. The van der Waals surface area contributed by atoms with E-state index in [4.69, 9.17) is 4.74 Å². The molecule has 0 spiro atoms. The van der Waals surface area contributed by atoms with Crippen LogP contribution in [0.1, 0.15) is 19.3 Å². The van der Waals surface area contributed by atoms with E-state index < -0.39 is 11.8 Å². The number of aromatic nitrogens is 1. The molecule has 1 aromatic rings. The maximum atomic E-state index is 12.6. The highest BCUT2D eigenvalue weighted by Crippen LogP contribution is 2.21. The standard InChI is InChI=1S/C19H26N4O4/c1-27-17(24)14-15-4-8-22(9-5-15)18(25)19(26)23-12-10-21(11-13-23)16-2-6-20-7-3-16/h2-3,6-7,15H,4-5,8-14H2,1H3. The number of ether oxygens (including phenoxy) is 1. The first-order valence-electron chi connectivity index (χ1n) is 9.38. The number of hydrogen-bond acceptors (Lipinski definition) is 6. The van der Waals surface area contributed by atoms with Crippen molar-refractivity contribution in [1.82, 2.24) is 14.8 Å². The number of amides is 2. The summed E-state index contributed by atoms with van der Waals surface area (Å²) in [5, 5.41) is 0. The highest BCUT2D eigenvalue weighted by molar-refractivity contribution is 6.34. The van der Waals surface area contributed by atoms with Gasteiger partial charge in [-0.1, -0.05) is 0 Å². The number of anilines is 1. The van der Waals surface area contributed by atoms with Crippen molar-refractivity contribution in [3.8, 4) is 0 Å². The SMILES string of the molecule is COC(=O)CC1CCN(C(=O)C(=O)N2CCN(c3ccncc3)CC2)CC1. The Labute approximate surface area is 159 Å². The van der Waals surface area contributed by atoms with Crippen molar-refractivity contribution < 1.29 is 19.1 Å². The van der Waals surface area contributed by atoms with Gasteiger partial charge in [-0.3, -0.25) is 19.4 Å². The van der Waals surface area contributed by atoms with E-state index in [-0.39, 0.29) is 11.9 Å². The molecule has 1 aromatic heterocycles. The molecule has 0 saturated carbocycles. The smallest absolute Gasteiger partial charge is 0.312 e. The van der Waals surface area contributed by atoms with Gasteiger partial charge in [0.15, 0.2) is 0 Å². The predicted molar refractivity (Wildman–Crippen MR) is 99.0 cm³/mol. The van der Waals surface area contributed by atoms with Crippen LogP contribution in [-0.4, -0.2) is 78.9 Å². The minimum absolute atomic E-state index is 0.220. The summed E-state index contributed by atoms with van der Waals surface area (Å²) in [5.74, 6) is -0.844. The third-order valence-corrected chi connectivity index (χ3v) is 5.36. The topological polar surface area (TPSA) is 83.0 Å². The van der Waals surface area contributed by atoms with Gasteiger partial charge >= 0.3 is 17.8 Å². The Balaban J connectivity index is 1.46. The van der Waals surface area contributed by atoms with Crippen molar-refractivity contribution in [2.75, 3.05) is 51.3 Å². The molecule has 8 heteroatoms. The van der Waals surface area contributed by atoms with Crippen molar-refractivity contribution in [3.05, 3.63) is 24.5 Å². The van der Waals surface area contributed by atoms with Crippen LogP contribution in [0.5, 0.6) is 0 Å². The fraction of sp³-hybridized carbons (Fsp3) is 0.579. The van der Waals surface area contributed by atoms with Gasteiger partial charge < -0.3 is 19.4 Å². The minimum atomic E-state index is -0.427. The van der Waals surface area contributed by atoms with E-state index in [0.717, 1.165) is 18.5 Å². The second-order valence-electron chi connectivity index (χ2n) is 7.00. The van der Waals surface area contributed by atoms with Crippen molar-refractivity contribution in [3.63, 3.8) is 0 Å². The molecule has 0 aliphatic carbocycles. The van der Waals surface area contributed by atoms with Crippen LogP contribution in [0.3, 0.4) is 0 Å². The summed E-state index contributed by atoms with van der Waals surface area (Å²) in [5.41, 5.74) is 1.08. The highest BCUT2D eigenvalue weighted by atomic mass is 16.5. The van der Waals surface area contributed by atoms with Crippen LogP contribution in [0.25, 0.3) is 0 Å². The molecule has 3 rings (SSSR count). The fourth-order valence-electron chi connectivity index (χ4n) is 3.65. The molecule has 8 nitrogen and oxygen atoms in total. The zero-order valence-corrected chi connectivity index (χ0v) is 15.7. The summed E-state index contributed by atoms with van der Waals surface area (Å²) >= 11 is 0. The summed E-state index contributed by atoms with van der Waals surface area (Å²) in [6, 6.07) is 3.89. The number of carbonyl (C=O) groups is 3. The van der Waals surface area contributed by atoms with E-state index in [1.807, 2.05) is 12.1 Å². The molecular weight excluding hydrogens is 348 g/mol. The number of piperazine rings is 1. The van der Waals surface area contributed by atoms with Crippen LogP contribution in [0.4, 0.5) is 5.69 Å². The zero-order chi connectivity index (χ0) is 19.2. The van der Waals surface area contributed by atoms with Gasteiger partial charge in [0, 0.05) is 63.8 Å². The number of nitrogens with zero attached hydrogens (tertiary/aromatic N) is 4. The third-order valence-electron chi connectivity index (χ3n) is 5.36. The molecule has 2 saturated heterocycles. The molecule has 2 amide bonds. The van der Waals surface area contributed by atoms with E-state index >= 15 is 0 Å². The van der Waals surface area contributed by atoms with Crippen molar-refractivity contribution >= 4 is 23.5 Å². The van der Waals surface area contributed by atoms with Crippen molar-refractivity contribution in [1.29, 1.82) is 0 Å². The summed E-state index contributed by atoms with van der Waals surface area (Å²) in [7, 11) is 1.38. The fourth-order valence-corrected chi connectivity index (χ4v) is 3.65. The maximum Gasteiger partial charge on any atom is 0.312 e. The average Bonchev–Trinajstić information content (AvgIpc) is 2.74. The van der Waals surface area contributed by atoms with Gasteiger partial charge in [0.2, 0.25) is 0 Å². The van der Waals surface area contributed by atoms with Gasteiger partial charge in [-0.15, -0.1) is 0 Å². The molecule has 0 N–H and O–H groups in total. The van der Waals surface area contributed by atoms with Gasteiger partial charge in [0.05, 0.1) is 7.11 Å². The average molecular weight is 374 g/mol. The summed E-state index contributed by atoms with van der Waals surface area (Å²) in [6.07, 6.45) is 5.33. The van der Waals surface area contributed by atoms with E-state index in [0.29, 0.717) is 45.7 Å². The molecule has 0 atom stereocenters. The number of methoxy groups -OCH3 is 1. The normalized spacial score (nSPS) is 18.3. The molecular formula is C19H26N4O4. The number of carbonyl (C=O) groups excluding carboxylic acids is 3. The zero-order valence-electron chi connectivity index (χ0n) is 15.7. The van der Waals surface area contributed by atoms with Crippen LogP contribution in [0.2, 0.25) is 0 Å². The molecule has 2 aliphatic rings. The summed E-state index contributed by atoms with van der Waals surface area (Å²) in [6.45, 7) is 3.50. The molecule has 2 fully saturated rings. The van der Waals surface area contributed by atoms with E-state index in [1.54, 1.807) is 22.2 Å². The second kappa shape index (κ2) is 8.83. The third kappa shape index (κ3) is 4.75.